The van der Waals surface area contributed by atoms with Gasteiger partial charge < -0.3 is 4.74 Å². The van der Waals surface area contributed by atoms with Gasteiger partial charge in [0.05, 0.1) is 0 Å². The SMILES string of the molecule is NNC(CCOCC(F)(F)F)Cc1ccc(F)cc1Br. The van der Waals surface area contributed by atoms with Gasteiger partial charge in [-0.1, -0.05) is 22.0 Å². The number of ether oxygens (including phenoxy) is 1. The van der Waals surface area contributed by atoms with Gasteiger partial charge in [-0.05, 0) is 30.5 Å². The van der Waals surface area contributed by atoms with Crippen molar-refractivity contribution in [3.63, 3.8) is 0 Å². The van der Waals surface area contributed by atoms with Crippen LogP contribution in [0.1, 0.15) is 12.0 Å². The Kier molecular flexibility index (Phi) is 6.87. The van der Waals surface area contributed by atoms with Crippen LogP contribution in [-0.2, 0) is 11.2 Å². The summed E-state index contributed by atoms with van der Waals surface area (Å²) in [6.45, 7) is -1.34. The molecule has 0 radical (unpaired) electrons. The van der Waals surface area contributed by atoms with Gasteiger partial charge in [-0.25, -0.2) is 4.39 Å². The van der Waals surface area contributed by atoms with E-state index in [-0.39, 0.29) is 18.5 Å². The summed E-state index contributed by atoms with van der Waals surface area (Å²) in [5, 5.41) is 0. The van der Waals surface area contributed by atoms with Gasteiger partial charge in [0, 0.05) is 17.1 Å². The second-order valence-corrected chi connectivity index (χ2v) is 5.11. The lowest BCUT2D eigenvalue weighted by Crippen LogP contribution is -2.38. The molecular weight excluding hydrogens is 344 g/mol. The molecule has 0 aromatic heterocycles. The highest BCUT2D eigenvalue weighted by Crippen LogP contribution is 2.20. The van der Waals surface area contributed by atoms with Crippen molar-refractivity contribution >= 4 is 15.9 Å². The van der Waals surface area contributed by atoms with Crippen LogP contribution in [0.3, 0.4) is 0 Å². The number of halogens is 5. The summed E-state index contributed by atoms with van der Waals surface area (Å²) in [4.78, 5) is 0. The lowest BCUT2D eigenvalue weighted by Gasteiger charge is -2.17. The Morgan fingerprint density at radius 1 is 1.35 bits per heavy atom. The van der Waals surface area contributed by atoms with Crippen molar-refractivity contribution in [3.05, 3.63) is 34.1 Å². The minimum Gasteiger partial charge on any atom is -0.372 e. The molecule has 0 saturated heterocycles. The first kappa shape index (κ1) is 17.4. The topological polar surface area (TPSA) is 47.3 Å². The van der Waals surface area contributed by atoms with Gasteiger partial charge in [-0.2, -0.15) is 13.2 Å². The van der Waals surface area contributed by atoms with Crippen molar-refractivity contribution < 1.29 is 22.3 Å². The number of hydrogen-bond acceptors (Lipinski definition) is 3. The molecule has 0 amide bonds. The lowest BCUT2D eigenvalue weighted by molar-refractivity contribution is -0.174. The summed E-state index contributed by atoms with van der Waals surface area (Å²) in [6.07, 6.45) is -3.56. The number of hydrazine groups is 1. The summed E-state index contributed by atoms with van der Waals surface area (Å²) in [5.41, 5.74) is 3.32. The van der Waals surface area contributed by atoms with E-state index in [4.69, 9.17) is 5.84 Å². The molecule has 1 unspecified atom stereocenters. The van der Waals surface area contributed by atoms with Gasteiger partial charge in [0.1, 0.15) is 12.4 Å². The predicted molar refractivity (Wildman–Crippen MR) is 70.4 cm³/mol. The summed E-state index contributed by atoms with van der Waals surface area (Å²) in [6, 6.07) is 3.97. The third-order valence-corrected chi connectivity index (χ3v) is 3.33. The Bertz CT molecular complexity index is 428. The molecular formula is C12H15BrF4N2O. The zero-order chi connectivity index (χ0) is 15.2. The van der Waals surface area contributed by atoms with Crippen molar-refractivity contribution in [1.29, 1.82) is 0 Å². The third kappa shape index (κ3) is 6.65. The first-order valence-electron chi connectivity index (χ1n) is 5.86. The van der Waals surface area contributed by atoms with Crippen molar-refractivity contribution in [1.82, 2.24) is 5.43 Å². The van der Waals surface area contributed by atoms with E-state index in [1.54, 1.807) is 6.07 Å². The summed E-state index contributed by atoms with van der Waals surface area (Å²) >= 11 is 3.22. The van der Waals surface area contributed by atoms with E-state index in [0.717, 1.165) is 5.56 Å². The molecule has 0 aliphatic rings. The molecule has 0 aliphatic carbocycles. The molecule has 3 N–H and O–H groups in total. The molecule has 1 rings (SSSR count). The van der Waals surface area contributed by atoms with Crippen LogP contribution in [-0.4, -0.2) is 25.4 Å². The van der Waals surface area contributed by atoms with Crippen LogP contribution < -0.4 is 11.3 Å². The van der Waals surface area contributed by atoms with Gasteiger partial charge in [0.25, 0.3) is 0 Å². The average molecular weight is 359 g/mol. The molecule has 0 bridgehead atoms. The molecule has 114 valence electrons. The minimum absolute atomic E-state index is 0.0623. The molecule has 0 aliphatic heterocycles. The fourth-order valence-electron chi connectivity index (χ4n) is 1.61. The molecule has 1 atom stereocenters. The molecule has 8 heteroatoms. The van der Waals surface area contributed by atoms with Gasteiger partial charge in [-0.15, -0.1) is 0 Å². The highest BCUT2D eigenvalue weighted by atomic mass is 79.9. The molecule has 3 nitrogen and oxygen atoms in total. The Morgan fingerprint density at radius 2 is 2.05 bits per heavy atom. The molecule has 0 spiro atoms. The normalized spacial score (nSPS) is 13.5. The van der Waals surface area contributed by atoms with E-state index in [0.29, 0.717) is 17.3 Å². The van der Waals surface area contributed by atoms with E-state index < -0.39 is 12.8 Å². The first-order valence-corrected chi connectivity index (χ1v) is 6.65. The van der Waals surface area contributed by atoms with Crippen LogP contribution in [0.2, 0.25) is 0 Å². The van der Waals surface area contributed by atoms with E-state index in [2.05, 4.69) is 26.1 Å². The molecule has 0 heterocycles. The van der Waals surface area contributed by atoms with Gasteiger partial charge in [0.2, 0.25) is 0 Å². The molecule has 0 fully saturated rings. The number of benzene rings is 1. The average Bonchev–Trinajstić information content (AvgIpc) is 2.34. The number of hydrogen-bond donors (Lipinski definition) is 2. The van der Waals surface area contributed by atoms with Crippen molar-refractivity contribution in [2.45, 2.75) is 25.1 Å². The summed E-state index contributed by atoms with van der Waals surface area (Å²) in [7, 11) is 0. The summed E-state index contributed by atoms with van der Waals surface area (Å²) in [5.74, 6) is 4.98. The second-order valence-electron chi connectivity index (χ2n) is 4.26. The lowest BCUT2D eigenvalue weighted by atomic mass is 10.0. The van der Waals surface area contributed by atoms with Crippen LogP contribution >= 0.6 is 15.9 Å². The molecule has 0 saturated carbocycles. The van der Waals surface area contributed by atoms with Gasteiger partial charge in [0.15, 0.2) is 0 Å². The van der Waals surface area contributed by atoms with E-state index in [9.17, 15) is 17.6 Å². The Balaban J connectivity index is 2.43. The quantitative estimate of drug-likeness (QED) is 0.341. The largest absolute Gasteiger partial charge is 0.411 e. The zero-order valence-corrected chi connectivity index (χ0v) is 12.1. The zero-order valence-electron chi connectivity index (χ0n) is 10.5. The van der Waals surface area contributed by atoms with Crippen molar-refractivity contribution in [2.24, 2.45) is 5.84 Å². The Hall–Kier alpha value is -0.700. The number of nitrogens with two attached hydrogens (primary N) is 1. The number of nitrogens with one attached hydrogen (secondary N) is 1. The smallest absolute Gasteiger partial charge is 0.372 e. The number of rotatable bonds is 7. The van der Waals surface area contributed by atoms with Crippen molar-refractivity contribution in [3.8, 4) is 0 Å². The third-order valence-electron chi connectivity index (χ3n) is 2.59. The fourth-order valence-corrected chi connectivity index (χ4v) is 2.12. The maximum atomic E-state index is 12.9. The van der Waals surface area contributed by atoms with Crippen LogP contribution in [0.15, 0.2) is 22.7 Å². The van der Waals surface area contributed by atoms with E-state index in [1.165, 1.54) is 12.1 Å². The molecule has 20 heavy (non-hydrogen) atoms. The number of alkyl halides is 3. The van der Waals surface area contributed by atoms with Gasteiger partial charge >= 0.3 is 6.18 Å². The van der Waals surface area contributed by atoms with Crippen LogP contribution in [0.25, 0.3) is 0 Å². The minimum atomic E-state index is -4.33. The Morgan fingerprint density at radius 3 is 2.60 bits per heavy atom. The highest BCUT2D eigenvalue weighted by Gasteiger charge is 2.27. The van der Waals surface area contributed by atoms with Crippen LogP contribution in [0.5, 0.6) is 0 Å². The molecule has 1 aromatic rings. The van der Waals surface area contributed by atoms with E-state index in [1.807, 2.05) is 0 Å². The molecule has 1 aromatic carbocycles. The first-order chi connectivity index (χ1) is 9.31. The maximum Gasteiger partial charge on any atom is 0.411 e. The highest BCUT2D eigenvalue weighted by molar-refractivity contribution is 9.10. The second kappa shape index (κ2) is 7.92. The monoisotopic (exact) mass is 358 g/mol. The van der Waals surface area contributed by atoms with Crippen LogP contribution in [0.4, 0.5) is 17.6 Å². The van der Waals surface area contributed by atoms with Gasteiger partial charge in [-0.3, -0.25) is 11.3 Å². The van der Waals surface area contributed by atoms with E-state index >= 15 is 0 Å². The van der Waals surface area contributed by atoms with Crippen molar-refractivity contribution in [2.75, 3.05) is 13.2 Å². The maximum absolute atomic E-state index is 12.9. The summed E-state index contributed by atoms with van der Waals surface area (Å²) < 4.78 is 53.7. The fraction of sp³-hybridized carbons (Fsp3) is 0.500. The van der Waals surface area contributed by atoms with Crippen LogP contribution in [0, 0.1) is 5.82 Å². The predicted octanol–water partition coefficient (Wildman–Crippen LogP) is 2.93. The Labute approximate surface area is 122 Å². The standard InChI is InChI=1S/C12H15BrF4N2O/c13-11-6-9(14)2-1-8(11)5-10(19-18)3-4-20-7-12(15,16)17/h1-2,6,10,19H,3-5,7,18H2.